The molecule has 1 aliphatic rings. The molecular weight excluding hydrogens is 228 g/mol. The number of aromatic nitrogens is 2. The molecule has 18 heavy (non-hydrogen) atoms. The van der Waals surface area contributed by atoms with E-state index in [1.165, 1.54) is 0 Å². The van der Waals surface area contributed by atoms with Crippen LogP contribution in [0.2, 0.25) is 0 Å². The number of carbonyl (C=O) groups is 1. The number of likely N-dealkylation sites (tertiary alicyclic amines) is 1. The summed E-state index contributed by atoms with van der Waals surface area (Å²) in [6, 6.07) is 2.28. The van der Waals surface area contributed by atoms with E-state index in [1.54, 1.807) is 4.68 Å². The highest BCUT2D eigenvalue weighted by atomic mass is 16.2. The molecule has 0 unspecified atom stereocenters. The van der Waals surface area contributed by atoms with Gasteiger partial charge in [0.15, 0.2) is 0 Å². The van der Waals surface area contributed by atoms with Gasteiger partial charge >= 0.3 is 0 Å². The molecule has 0 N–H and O–H groups in total. The molecule has 5 heteroatoms. The van der Waals surface area contributed by atoms with Gasteiger partial charge in [0.2, 0.25) is 0 Å². The Morgan fingerprint density at radius 2 is 2.00 bits per heavy atom. The maximum Gasteiger partial charge on any atom is 0.257 e. The summed E-state index contributed by atoms with van der Waals surface area (Å²) in [5.41, 5.74) is 2.40. The van der Waals surface area contributed by atoms with E-state index in [4.69, 9.17) is 5.26 Å². The van der Waals surface area contributed by atoms with Crippen LogP contribution in [0.15, 0.2) is 0 Å². The lowest BCUT2D eigenvalue weighted by Crippen LogP contribution is -2.38. The highest BCUT2D eigenvalue weighted by molar-refractivity contribution is 5.96. The summed E-state index contributed by atoms with van der Waals surface area (Å²) in [4.78, 5) is 14.3. The second kappa shape index (κ2) is 4.81. The molecule has 1 aromatic rings. The lowest BCUT2D eigenvalue weighted by molar-refractivity contribution is 0.0705. The number of hydrogen-bond acceptors (Lipinski definition) is 3. The number of amides is 1. The average Bonchev–Trinajstić information content (AvgIpc) is 2.63. The number of rotatable bonds is 1. The van der Waals surface area contributed by atoms with Crippen molar-refractivity contribution in [2.24, 2.45) is 13.0 Å². The van der Waals surface area contributed by atoms with Crippen molar-refractivity contribution >= 4 is 5.91 Å². The fourth-order valence-corrected chi connectivity index (χ4v) is 2.45. The molecule has 2 rings (SSSR count). The number of carbonyl (C=O) groups excluding carboxylic acids is 1. The van der Waals surface area contributed by atoms with Gasteiger partial charge in [-0.3, -0.25) is 9.48 Å². The smallest absolute Gasteiger partial charge is 0.257 e. The van der Waals surface area contributed by atoms with E-state index in [0.29, 0.717) is 18.7 Å². The molecule has 1 amide bonds. The maximum absolute atomic E-state index is 12.4. The third kappa shape index (κ3) is 2.10. The van der Waals surface area contributed by atoms with Crippen molar-refractivity contribution in [2.45, 2.75) is 26.7 Å². The first-order valence-corrected chi connectivity index (χ1v) is 6.23. The zero-order valence-corrected chi connectivity index (χ0v) is 11.1. The molecule has 1 aromatic heterocycles. The van der Waals surface area contributed by atoms with Crippen molar-refractivity contribution in [3.05, 3.63) is 17.0 Å². The van der Waals surface area contributed by atoms with Crippen molar-refractivity contribution < 1.29 is 4.79 Å². The summed E-state index contributed by atoms with van der Waals surface area (Å²) < 4.78 is 1.74. The fourth-order valence-electron chi connectivity index (χ4n) is 2.45. The van der Waals surface area contributed by atoms with E-state index in [9.17, 15) is 4.79 Å². The van der Waals surface area contributed by atoms with Crippen LogP contribution in [0.25, 0.3) is 0 Å². The monoisotopic (exact) mass is 246 g/mol. The van der Waals surface area contributed by atoms with Gasteiger partial charge in [0.25, 0.3) is 5.91 Å². The highest BCUT2D eigenvalue weighted by Gasteiger charge is 2.27. The van der Waals surface area contributed by atoms with Crippen molar-refractivity contribution in [1.82, 2.24) is 14.7 Å². The first kappa shape index (κ1) is 12.6. The Kier molecular flexibility index (Phi) is 3.37. The van der Waals surface area contributed by atoms with Crippen molar-refractivity contribution in [3.8, 4) is 6.07 Å². The summed E-state index contributed by atoms with van der Waals surface area (Å²) in [5, 5.41) is 13.1. The summed E-state index contributed by atoms with van der Waals surface area (Å²) in [6.07, 6.45) is 1.56. The van der Waals surface area contributed by atoms with Crippen LogP contribution in [-0.4, -0.2) is 33.7 Å². The van der Waals surface area contributed by atoms with Crippen molar-refractivity contribution in [3.63, 3.8) is 0 Å². The quantitative estimate of drug-likeness (QED) is 0.752. The number of aryl methyl sites for hydroxylation is 2. The van der Waals surface area contributed by atoms with Crippen LogP contribution >= 0.6 is 0 Å². The van der Waals surface area contributed by atoms with Crippen molar-refractivity contribution in [2.75, 3.05) is 13.1 Å². The van der Waals surface area contributed by atoms with Gasteiger partial charge in [-0.1, -0.05) is 0 Å². The van der Waals surface area contributed by atoms with Crippen LogP contribution < -0.4 is 0 Å². The third-order valence-electron chi connectivity index (χ3n) is 3.69. The second-order valence-corrected chi connectivity index (χ2v) is 4.87. The van der Waals surface area contributed by atoms with E-state index < -0.39 is 0 Å². The third-order valence-corrected chi connectivity index (χ3v) is 3.69. The van der Waals surface area contributed by atoms with E-state index >= 15 is 0 Å². The first-order chi connectivity index (χ1) is 8.54. The molecular formula is C13H18N4O. The molecule has 2 heterocycles. The number of piperidine rings is 1. The van der Waals surface area contributed by atoms with Gasteiger partial charge in [0.05, 0.1) is 17.3 Å². The largest absolute Gasteiger partial charge is 0.338 e. The zero-order valence-electron chi connectivity index (χ0n) is 11.1. The van der Waals surface area contributed by atoms with Crippen LogP contribution in [0.1, 0.15) is 34.6 Å². The molecule has 1 saturated heterocycles. The van der Waals surface area contributed by atoms with E-state index in [0.717, 1.165) is 24.2 Å². The minimum atomic E-state index is 0.0505. The van der Waals surface area contributed by atoms with Gasteiger partial charge in [-0.05, 0) is 26.7 Å². The van der Waals surface area contributed by atoms with Gasteiger partial charge in [-0.15, -0.1) is 0 Å². The molecule has 0 spiro atoms. The normalized spacial score (nSPS) is 16.7. The average molecular weight is 246 g/mol. The highest BCUT2D eigenvalue weighted by Crippen LogP contribution is 2.20. The Hall–Kier alpha value is -1.83. The van der Waals surface area contributed by atoms with Gasteiger partial charge in [-0.2, -0.15) is 10.4 Å². The Morgan fingerprint density at radius 3 is 2.44 bits per heavy atom. The topological polar surface area (TPSA) is 61.9 Å². The lowest BCUT2D eigenvalue weighted by atomic mass is 9.98. The molecule has 0 aliphatic carbocycles. The Labute approximate surface area is 107 Å². The van der Waals surface area contributed by atoms with E-state index in [2.05, 4.69) is 11.2 Å². The zero-order chi connectivity index (χ0) is 13.3. The Balaban J connectivity index is 2.16. The van der Waals surface area contributed by atoms with Gasteiger partial charge < -0.3 is 4.90 Å². The minimum Gasteiger partial charge on any atom is -0.338 e. The molecule has 0 bridgehead atoms. The summed E-state index contributed by atoms with van der Waals surface area (Å²) in [7, 11) is 1.85. The predicted octanol–water partition coefficient (Wildman–Crippen LogP) is 1.41. The predicted molar refractivity (Wildman–Crippen MR) is 66.9 cm³/mol. The summed E-state index contributed by atoms with van der Waals surface area (Å²) in [6.45, 7) is 5.12. The molecule has 5 nitrogen and oxygen atoms in total. The molecule has 0 aromatic carbocycles. The Bertz CT molecular complexity index is 504. The molecule has 0 saturated carbocycles. The summed E-state index contributed by atoms with van der Waals surface area (Å²) in [5.74, 6) is 0.152. The van der Waals surface area contributed by atoms with Gasteiger partial charge in [0.1, 0.15) is 0 Å². The molecule has 0 radical (unpaired) electrons. The second-order valence-electron chi connectivity index (χ2n) is 4.87. The molecule has 96 valence electrons. The Morgan fingerprint density at radius 1 is 1.39 bits per heavy atom. The molecule has 1 aliphatic heterocycles. The fraction of sp³-hybridized carbons (Fsp3) is 0.615. The summed E-state index contributed by atoms with van der Waals surface area (Å²) >= 11 is 0. The number of nitrogens with zero attached hydrogens (tertiary/aromatic N) is 4. The minimum absolute atomic E-state index is 0.0505. The van der Waals surface area contributed by atoms with E-state index in [1.807, 2.05) is 25.8 Å². The number of hydrogen-bond donors (Lipinski definition) is 0. The van der Waals surface area contributed by atoms with Crippen LogP contribution in [0.4, 0.5) is 0 Å². The van der Waals surface area contributed by atoms with E-state index in [-0.39, 0.29) is 11.8 Å². The molecule has 1 fully saturated rings. The first-order valence-electron chi connectivity index (χ1n) is 6.23. The SMILES string of the molecule is Cc1nn(C)c(C)c1C(=O)N1CCC(C#N)CC1. The number of nitriles is 1. The van der Waals surface area contributed by atoms with Crippen LogP contribution in [0.5, 0.6) is 0 Å². The van der Waals surface area contributed by atoms with Crippen molar-refractivity contribution in [1.29, 1.82) is 5.26 Å². The maximum atomic E-state index is 12.4. The van der Waals surface area contributed by atoms with Crippen LogP contribution in [0, 0.1) is 31.1 Å². The van der Waals surface area contributed by atoms with Gasteiger partial charge in [-0.25, -0.2) is 0 Å². The standard InChI is InChI=1S/C13H18N4O/c1-9-12(10(2)16(3)15-9)13(18)17-6-4-11(8-14)5-7-17/h11H,4-7H2,1-3H3. The van der Waals surface area contributed by atoms with Crippen LogP contribution in [-0.2, 0) is 7.05 Å². The lowest BCUT2D eigenvalue weighted by Gasteiger charge is -2.29. The van der Waals surface area contributed by atoms with Crippen LogP contribution in [0.3, 0.4) is 0 Å². The molecule has 0 atom stereocenters. The van der Waals surface area contributed by atoms with Gasteiger partial charge in [0, 0.05) is 31.7 Å².